The van der Waals surface area contributed by atoms with Crippen molar-refractivity contribution in [3.05, 3.63) is 92.5 Å². The van der Waals surface area contributed by atoms with Crippen molar-refractivity contribution in [2.75, 3.05) is 5.32 Å². The average molecular weight is 676 g/mol. The molecule has 0 atom stereocenters. The molecule has 0 unspecified atom stereocenters. The van der Waals surface area contributed by atoms with Crippen LogP contribution in [0.5, 0.6) is 0 Å². The number of H-pyrrole nitrogens is 2. The zero-order valence-corrected chi connectivity index (χ0v) is 27.2. The fourth-order valence-electron chi connectivity index (χ4n) is 8.04. The van der Waals surface area contributed by atoms with Gasteiger partial charge in [0.05, 0.1) is 39.6 Å². The third-order valence-electron chi connectivity index (χ3n) is 10.9. The van der Waals surface area contributed by atoms with E-state index in [0.29, 0.717) is 11.6 Å². The van der Waals surface area contributed by atoms with Gasteiger partial charge in [0.2, 0.25) is 11.2 Å². The van der Waals surface area contributed by atoms with E-state index in [1.54, 1.807) is 30.6 Å². The van der Waals surface area contributed by atoms with E-state index in [1.165, 1.54) is 6.07 Å². The molecule has 5 N–H and O–H groups in total. The van der Waals surface area contributed by atoms with Crippen LogP contribution in [0.15, 0.2) is 36.7 Å². The first-order chi connectivity index (χ1) is 23.8. The SMILES string of the molecule is O=C1NC2(CC2)Cc2[nH]c3c(c21)CCc1cnc(Cl)nc1-3.O=C1NC2(CC2)Cc2[nH]c3c(c21)CCc1cnc(Nc2ccccc2F)nc1-3. The van der Waals surface area contributed by atoms with Crippen LogP contribution in [0.25, 0.3) is 22.8 Å². The summed E-state index contributed by atoms with van der Waals surface area (Å²) in [6.45, 7) is 0. The number of aryl methyl sites for hydroxylation is 2. The van der Waals surface area contributed by atoms with Crippen molar-refractivity contribution in [3.8, 4) is 22.8 Å². The number of hydrogen-bond acceptors (Lipinski definition) is 7. The number of nitrogens with zero attached hydrogens (tertiary/aromatic N) is 4. The average Bonchev–Trinajstić information content (AvgIpc) is 3.92. The molecule has 2 aliphatic heterocycles. The second kappa shape index (κ2) is 10.2. The first-order valence-electron chi connectivity index (χ1n) is 16.8. The molecule has 49 heavy (non-hydrogen) atoms. The van der Waals surface area contributed by atoms with E-state index in [1.807, 2.05) is 0 Å². The molecule has 2 fully saturated rings. The molecule has 4 aliphatic carbocycles. The summed E-state index contributed by atoms with van der Waals surface area (Å²) in [5.41, 5.74) is 11.8. The summed E-state index contributed by atoms with van der Waals surface area (Å²) < 4.78 is 14.0. The smallest absolute Gasteiger partial charge is 0.253 e. The molecule has 11 rings (SSSR count). The van der Waals surface area contributed by atoms with Crippen LogP contribution >= 0.6 is 11.6 Å². The van der Waals surface area contributed by atoms with Crippen LogP contribution in [-0.4, -0.2) is 52.8 Å². The number of aromatic amines is 2. The number of hydrogen-bond donors (Lipinski definition) is 5. The number of benzene rings is 1. The number of carbonyl (C=O) groups excluding carboxylic acids is 2. The summed E-state index contributed by atoms with van der Waals surface area (Å²) >= 11 is 5.94. The minimum absolute atomic E-state index is 0.0175. The third-order valence-corrected chi connectivity index (χ3v) is 11.1. The highest BCUT2D eigenvalue weighted by atomic mass is 35.5. The van der Waals surface area contributed by atoms with Gasteiger partial charge in [-0.25, -0.2) is 24.3 Å². The Hall–Kier alpha value is -5.10. The Morgan fingerprint density at radius 3 is 1.86 bits per heavy atom. The van der Waals surface area contributed by atoms with E-state index in [4.69, 9.17) is 11.6 Å². The predicted molar refractivity (Wildman–Crippen MR) is 179 cm³/mol. The number of aromatic nitrogens is 6. The standard InChI is InChI=1S/C21H18FN5O.C15H13ClN4O/c22-13-3-1-2-4-14(13)25-20-23-10-11-5-6-12-16-15(24-18(12)17(11)26-20)9-21(7-8-21)27-19(16)28;16-14-17-6-7-1-2-8-10-9(18-12(8)11(7)19-14)5-15(3-4-15)20-13(10)21/h1-4,10,24H,5-9H2,(H,27,28)(H,23,25,26);6,18H,1-5H2,(H,20,21). The molecule has 0 bridgehead atoms. The zero-order chi connectivity index (χ0) is 33.1. The lowest BCUT2D eigenvalue weighted by atomic mass is 9.90. The molecular weight excluding hydrogens is 645 g/mol. The lowest BCUT2D eigenvalue weighted by Gasteiger charge is -2.23. The maximum absolute atomic E-state index is 14.0. The number of halogens is 2. The molecule has 0 radical (unpaired) electrons. The van der Waals surface area contributed by atoms with E-state index in [2.05, 4.69) is 45.9 Å². The van der Waals surface area contributed by atoms with E-state index < -0.39 is 0 Å². The van der Waals surface area contributed by atoms with Crippen LogP contribution in [0.3, 0.4) is 0 Å². The summed E-state index contributed by atoms with van der Waals surface area (Å²) in [5.74, 6) is 0.0759. The van der Waals surface area contributed by atoms with Crippen molar-refractivity contribution < 1.29 is 14.0 Å². The highest BCUT2D eigenvalue weighted by molar-refractivity contribution is 6.28. The maximum atomic E-state index is 14.0. The Morgan fingerprint density at radius 1 is 0.735 bits per heavy atom. The van der Waals surface area contributed by atoms with Crippen LogP contribution in [-0.2, 0) is 38.5 Å². The molecule has 6 heterocycles. The van der Waals surface area contributed by atoms with Gasteiger partial charge in [-0.1, -0.05) is 12.1 Å². The highest BCUT2D eigenvalue weighted by Gasteiger charge is 2.50. The topological polar surface area (TPSA) is 153 Å². The van der Waals surface area contributed by atoms with Gasteiger partial charge < -0.3 is 25.9 Å². The second-order valence-electron chi connectivity index (χ2n) is 14.2. The summed E-state index contributed by atoms with van der Waals surface area (Å²) in [5, 5.41) is 9.57. The molecule has 246 valence electrons. The number of rotatable bonds is 2. The fraction of sp³-hybridized carbons (Fsp3) is 0.333. The van der Waals surface area contributed by atoms with Crippen molar-refractivity contribution >= 4 is 35.1 Å². The van der Waals surface area contributed by atoms with E-state index in [-0.39, 0.29) is 34.0 Å². The molecule has 2 spiro atoms. The van der Waals surface area contributed by atoms with Crippen molar-refractivity contribution in [2.45, 2.75) is 75.3 Å². The van der Waals surface area contributed by atoms with Crippen LogP contribution < -0.4 is 16.0 Å². The number of fused-ring (bicyclic) bond motifs is 10. The van der Waals surface area contributed by atoms with Gasteiger partial charge in [-0.05, 0) is 97.4 Å². The first-order valence-corrected chi connectivity index (χ1v) is 17.2. The fourth-order valence-corrected chi connectivity index (χ4v) is 8.17. The highest BCUT2D eigenvalue weighted by Crippen LogP contribution is 2.46. The van der Waals surface area contributed by atoms with Crippen molar-refractivity contribution in [1.82, 2.24) is 40.5 Å². The monoisotopic (exact) mass is 675 g/mol. The van der Waals surface area contributed by atoms with Gasteiger partial charge in [-0.3, -0.25) is 9.59 Å². The molecule has 11 nitrogen and oxygen atoms in total. The van der Waals surface area contributed by atoms with Crippen molar-refractivity contribution in [3.63, 3.8) is 0 Å². The molecule has 6 aliphatic rings. The molecule has 2 amide bonds. The molecule has 0 saturated heterocycles. The maximum Gasteiger partial charge on any atom is 0.253 e. The van der Waals surface area contributed by atoms with Crippen LogP contribution in [0, 0.1) is 5.82 Å². The zero-order valence-electron chi connectivity index (χ0n) is 26.4. The first kappa shape index (κ1) is 28.9. The van der Waals surface area contributed by atoms with Crippen LogP contribution in [0.1, 0.15) is 80.0 Å². The summed E-state index contributed by atoms with van der Waals surface area (Å²) in [6, 6.07) is 6.44. The van der Waals surface area contributed by atoms with Crippen LogP contribution in [0.2, 0.25) is 5.28 Å². The lowest BCUT2D eigenvalue weighted by Crippen LogP contribution is -2.43. The number of carbonyl (C=O) groups is 2. The molecule has 1 aromatic carbocycles. The Morgan fingerprint density at radius 2 is 1.29 bits per heavy atom. The second-order valence-corrected chi connectivity index (χ2v) is 14.5. The largest absolute Gasteiger partial charge is 0.356 e. The van der Waals surface area contributed by atoms with E-state index in [0.717, 1.165) is 132 Å². The van der Waals surface area contributed by atoms with Gasteiger partial charge in [-0.15, -0.1) is 0 Å². The third kappa shape index (κ3) is 4.67. The van der Waals surface area contributed by atoms with Crippen LogP contribution in [0.4, 0.5) is 16.0 Å². The number of nitrogens with one attached hydrogen (secondary N) is 5. The summed E-state index contributed by atoms with van der Waals surface area (Å²) in [7, 11) is 0. The molecule has 5 aromatic rings. The molecule has 4 aromatic heterocycles. The van der Waals surface area contributed by atoms with Crippen molar-refractivity contribution in [2.24, 2.45) is 0 Å². The minimum Gasteiger partial charge on any atom is -0.356 e. The predicted octanol–water partition coefficient (Wildman–Crippen LogP) is 5.31. The van der Waals surface area contributed by atoms with E-state index in [9.17, 15) is 14.0 Å². The lowest BCUT2D eigenvalue weighted by molar-refractivity contribution is 0.0908. The Bertz CT molecular complexity index is 2270. The van der Waals surface area contributed by atoms with Gasteiger partial charge in [0.1, 0.15) is 5.82 Å². The Balaban J connectivity index is 0.000000130. The number of amides is 2. The Kier molecular flexibility index (Phi) is 6.01. The molecule has 2 saturated carbocycles. The van der Waals surface area contributed by atoms with Gasteiger partial charge in [0, 0.05) is 47.7 Å². The summed E-state index contributed by atoms with van der Waals surface area (Å²) in [4.78, 5) is 49.5. The van der Waals surface area contributed by atoms with Gasteiger partial charge in [0.15, 0.2) is 0 Å². The Labute approximate surface area is 284 Å². The quantitative estimate of drug-likeness (QED) is 0.159. The minimum atomic E-state index is -0.355. The molecule has 13 heteroatoms. The number of anilines is 2. The van der Waals surface area contributed by atoms with Gasteiger partial charge in [0.25, 0.3) is 11.8 Å². The van der Waals surface area contributed by atoms with Gasteiger partial charge >= 0.3 is 0 Å². The van der Waals surface area contributed by atoms with Crippen molar-refractivity contribution in [1.29, 1.82) is 0 Å². The number of para-hydroxylation sites is 1. The van der Waals surface area contributed by atoms with Gasteiger partial charge in [-0.2, -0.15) is 0 Å². The molecular formula is C36H31ClFN9O2. The van der Waals surface area contributed by atoms with E-state index >= 15 is 0 Å². The normalized spacial score (nSPS) is 19.1. The summed E-state index contributed by atoms with van der Waals surface area (Å²) in [6.07, 6.45) is 12.8.